The van der Waals surface area contributed by atoms with Crippen molar-refractivity contribution in [2.75, 3.05) is 19.6 Å². The van der Waals surface area contributed by atoms with Crippen molar-refractivity contribution in [2.24, 2.45) is 17.1 Å². The summed E-state index contributed by atoms with van der Waals surface area (Å²) in [5, 5.41) is 0. The Labute approximate surface area is 133 Å². The number of benzene rings is 1. The minimum absolute atomic E-state index is 0.230. The summed E-state index contributed by atoms with van der Waals surface area (Å²) < 4.78 is 0. The molecule has 3 heteroatoms. The van der Waals surface area contributed by atoms with Gasteiger partial charge >= 0.3 is 0 Å². The van der Waals surface area contributed by atoms with Crippen LogP contribution in [0.1, 0.15) is 44.1 Å². The Kier molecular flexibility index (Phi) is 4.82. The molecule has 0 spiro atoms. The van der Waals surface area contributed by atoms with E-state index in [1.54, 1.807) is 0 Å². The molecular weight excluding hydrogens is 272 g/mol. The van der Waals surface area contributed by atoms with Gasteiger partial charge in [-0.1, -0.05) is 43.2 Å². The molecule has 1 aliphatic carbocycles. The zero-order valence-electron chi connectivity index (χ0n) is 13.5. The van der Waals surface area contributed by atoms with E-state index < -0.39 is 0 Å². The van der Waals surface area contributed by atoms with Crippen molar-refractivity contribution in [3.8, 4) is 0 Å². The predicted molar refractivity (Wildman–Crippen MR) is 89.4 cm³/mol. The molecule has 1 saturated heterocycles. The summed E-state index contributed by atoms with van der Waals surface area (Å²) in [5.74, 6) is 1.05. The van der Waals surface area contributed by atoms with Gasteiger partial charge in [-0.3, -0.25) is 4.79 Å². The molecule has 3 nitrogen and oxygen atoms in total. The van der Waals surface area contributed by atoms with Crippen molar-refractivity contribution in [1.82, 2.24) is 4.90 Å². The van der Waals surface area contributed by atoms with E-state index in [-0.39, 0.29) is 5.41 Å². The first kappa shape index (κ1) is 15.5. The van der Waals surface area contributed by atoms with Crippen LogP contribution in [-0.4, -0.2) is 30.4 Å². The molecule has 120 valence electrons. The second-order valence-corrected chi connectivity index (χ2v) is 7.12. The topological polar surface area (TPSA) is 46.3 Å². The van der Waals surface area contributed by atoms with Crippen molar-refractivity contribution in [2.45, 2.75) is 44.9 Å². The molecule has 0 bridgehead atoms. The van der Waals surface area contributed by atoms with E-state index in [1.807, 2.05) is 0 Å². The monoisotopic (exact) mass is 300 g/mol. The van der Waals surface area contributed by atoms with Crippen molar-refractivity contribution in [3.05, 3.63) is 35.9 Å². The van der Waals surface area contributed by atoms with E-state index in [9.17, 15) is 4.79 Å². The van der Waals surface area contributed by atoms with E-state index in [0.29, 0.717) is 18.4 Å². The average molecular weight is 300 g/mol. The van der Waals surface area contributed by atoms with Crippen molar-refractivity contribution in [3.63, 3.8) is 0 Å². The van der Waals surface area contributed by atoms with Crippen LogP contribution in [-0.2, 0) is 11.2 Å². The van der Waals surface area contributed by atoms with Gasteiger partial charge in [0.15, 0.2) is 0 Å². The fraction of sp³-hybridized carbons (Fsp3) is 0.632. The number of piperidine rings is 1. The number of nitrogens with zero attached hydrogens (tertiary/aromatic N) is 1. The first-order valence-electron chi connectivity index (χ1n) is 8.77. The van der Waals surface area contributed by atoms with Crippen LogP contribution in [0.4, 0.5) is 0 Å². The van der Waals surface area contributed by atoms with Gasteiger partial charge in [0.05, 0.1) is 5.41 Å². The number of amides is 1. The molecule has 1 aliphatic heterocycles. The molecule has 1 heterocycles. The number of hydrogen-bond acceptors (Lipinski definition) is 2. The highest BCUT2D eigenvalue weighted by atomic mass is 16.2. The lowest BCUT2D eigenvalue weighted by Gasteiger charge is -2.38. The SMILES string of the molecule is NCC1(C(=O)N2CCC(Cc3ccccc3)CC2)CCCC1. The summed E-state index contributed by atoms with van der Waals surface area (Å²) >= 11 is 0. The van der Waals surface area contributed by atoms with Crippen LogP contribution >= 0.6 is 0 Å². The highest BCUT2D eigenvalue weighted by molar-refractivity contribution is 5.83. The molecule has 1 amide bonds. The minimum atomic E-state index is -0.230. The maximum absolute atomic E-state index is 12.9. The summed E-state index contributed by atoms with van der Waals surface area (Å²) in [4.78, 5) is 15.0. The third-order valence-corrected chi connectivity index (χ3v) is 5.67. The van der Waals surface area contributed by atoms with E-state index in [2.05, 4.69) is 35.2 Å². The second kappa shape index (κ2) is 6.82. The maximum Gasteiger partial charge on any atom is 0.230 e. The van der Waals surface area contributed by atoms with Crippen molar-refractivity contribution < 1.29 is 4.79 Å². The molecule has 1 aromatic rings. The molecule has 22 heavy (non-hydrogen) atoms. The van der Waals surface area contributed by atoms with Crippen LogP contribution in [0.15, 0.2) is 30.3 Å². The van der Waals surface area contributed by atoms with Crippen molar-refractivity contribution in [1.29, 1.82) is 0 Å². The Morgan fingerprint density at radius 3 is 2.36 bits per heavy atom. The molecule has 2 N–H and O–H groups in total. The Morgan fingerprint density at radius 2 is 1.77 bits per heavy atom. The Bertz CT molecular complexity index is 485. The zero-order chi connectivity index (χ0) is 15.4. The van der Waals surface area contributed by atoms with Gasteiger partial charge < -0.3 is 10.6 Å². The predicted octanol–water partition coefficient (Wildman–Crippen LogP) is 2.99. The lowest BCUT2D eigenvalue weighted by atomic mass is 9.83. The number of carbonyl (C=O) groups excluding carboxylic acids is 1. The fourth-order valence-electron chi connectivity index (χ4n) is 4.18. The third-order valence-electron chi connectivity index (χ3n) is 5.67. The number of carbonyl (C=O) groups is 1. The lowest BCUT2D eigenvalue weighted by molar-refractivity contribution is -0.142. The lowest BCUT2D eigenvalue weighted by Crippen LogP contribution is -2.49. The summed E-state index contributed by atoms with van der Waals surface area (Å²) in [6.07, 6.45) is 7.70. The van der Waals surface area contributed by atoms with Crippen LogP contribution in [0.25, 0.3) is 0 Å². The normalized spacial score (nSPS) is 22.0. The smallest absolute Gasteiger partial charge is 0.230 e. The summed E-state index contributed by atoms with van der Waals surface area (Å²) in [7, 11) is 0. The van der Waals surface area contributed by atoms with E-state index in [0.717, 1.165) is 58.0 Å². The standard InChI is InChI=1S/C19H28N2O/c20-15-19(10-4-5-11-19)18(22)21-12-8-17(9-13-21)14-16-6-2-1-3-7-16/h1-3,6-7,17H,4-5,8-15,20H2. The summed E-state index contributed by atoms with van der Waals surface area (Å²) in [6, 6.07) is 10.7. The molecule has 2 fully saturated rings. The Hall–Kier alpha value is -1.35. The molecule has 0 atom stereocenters. The molecule has 2 aliphatic rings. The summed E-state index contributed by atoms with van der Waals surface area (Å²) in [5.41, 5.74) is 7.15. The third kappa shape index (κ3) is 3.19. The second-order valence-electron chi connectivity index (χ2n) is 7.12. The van der Waals surface area contributed by atoms with E-state index in [1.165, 1.54) is 5.56 Å². The Balaban J connectivity index is 1.54. The van der Waals surface area contributed by atoms with Gasteiger partial charge in [0.25, 0.3) is 0 Å². The van der Waals surface area contributed by atoms with Crippen LogP contribution in [0.5, 0.6) is 0 Å². The van der Waals surface area contributed by atoms with Gasteiger partial charge in [0.2, 0.25) is 5.91 Å². The van der Waals surface area contributed by atoms with Crippen molar-refractivity contribution >= 4 is 5.91 Å². The minimum Gasteiger partial charge on any atom is -0.342 e. The molecule has 1 aromatic carbocycles. The summed E-state index contributed by atoms with van der Waals surface area (Å²) in [6.45, 7) is 2.35. The van der Waals surface area contributed by atoms with Crippen LogP contribution in [0.2, 0.25) is 0 Å². The van der Waals surface area contributed by atoms with Gasteiger partial charge in [0.1, 0.15) is 0 Å². The van der Waals surface area contributed by atoms with Crippen LogP contribution in [0.3, 0.4) is 0 Å². The number of hydrogen-bond donors (Lipinski definition) is 1. The average Bonchev–Trinajstić information content (AvgIpc) is 3.06. The van der Waals surface area contributed by atoms with Gasteiger partial charge in [0, 0.05) is 19.6 Å². The number of likely N-dealkylation sites (tertiary alicyclic amines) is 1. The van der Waals surface area contributed by atoms with Gasteiger partial charge in [-0.2, -0.15) is 0 Å². The fourth-order valence-corrected chi connectivity index (χ4v) is 4.18. The van der Waals surface area contributed by atoms with Crippen LogP contribution < -0.4 is 5.73 Å². The maximum atomic E-state index is 12.9. The largest absolute Gasteiger partial charge is 0.342 e. The first-order chi connectivity index (χ1) is 10.7. The molecule has 1 saturated carbocycles. The molecule has 0 radical (unpaired) electrons. The van der Waals surface area contributed by atoms with E-state index in [4.69, 9.17) is 5.73 Å². The van der Waals surface area contributed by atoms with E-state index >= 15 is 0 Å². The Morgan fingerprint density at radius 1 is 1.14 bits per heavy atom. The molecule has 3 rings (SSSR count). The quantitative estimate of drug-likeness (QED) is 0.929. The van der Waals surface area contributed by atoms with Gasteiger partial charge in [-0.15, -0.1) is 0 Å². The number of rotatable bonds is 4. The molecule has 0 aromatic heterocycles. The van der Waals surface area contributed by atoms with Crippen LogP contribution in [0, 0.1) is 11.3 Å². The highest BCUT2D eigenvalue weighted by Gasteiger charge is 2.42. The molecule has 0 unspecified atom stereocenters. The highest BCUT2D eigenvalue weighted by Crippen LogP contribution is 2.39. The van der Waals surface area contributed by atoms with Gasteiger partial charge in [-0.25, -0.2) is 0 Å². The zero-order valence-corrected chi connectivity index (χ0v) is 13.5. The first-order valence-corrected chi connectivity index (χ1v) is 8.77. The van der Waals surface area contributed by atoms with Gasteiger partial charge in [-0.05, 0) is 43.6 Å². The number of nitrogens with two attached hydrogens (primary N) is 1. The molecular formula is C19H28N2O.